The SMILES string of the molecule is CCC(C)OC(=O)C1CN(C(=O)OC(C)(C)C)C[C@@H](C(=O)N[C@H](C(=O)N[C@@H](CNC(=O)OC(C)(C)C)C(=O)N[C@H]2CCNC(O)[C@H]([C@@H](C)O)NC(=O)[C@H](CCCNC(=O)OC(C)(C)C)NC(=O)[C@H](CCNC(=O)OC(C)(C)C)NC(=O)[C@H](CC(C)C)NC(=O)[C@@H](Cc3ccccc3)NC(=O)[C@H](CCNC(=O)OC(C)(C)C)NC2=O)[C@H](C)O)N1CC(C)C. The van der Waals surface area contributed by atoms with Gasteiger partial charge in [-0.2, -0.15) is 0 Å². The number of aliphatic hydroxyl groups excluding tert-OH is 3. The van der Waals surface area contributed by atoms with Crippen molar-refractivity contribution < 1.29 is 116 Å². The molecule has 14 amide bonds. The molecule has 3 rings (SSSR count). The molecule has 40 heteroatoms. The van der Waals surface area contributed by atoms with Crippen LogP contribution in [0.1, 0.15) is 210 Å². The quantitative estimate of drug-likeness (QED) is 0.0308. The summed E-state index contributed by atoms with van der Waals surface area (Å²) in [5.74, 6) is -11.3. The van der Waals surface area contributed by atoms with Gasteiger partial charge < -0.3 is 118 Å². The molecule has 0 bridgehead atoms. The normalized spacial score (nSPS) is 22.5. The van der Waals surface area contributed by atoms with Crippen molar-refractivity contribution in [3.8, 4) is 0 Å². The lowest BCUT2D eigenvalue weighted by Crippen LogP contribution is -2.69. The van der Waals surface area contributed by atoms with E-state index in [0.717, 1.165) is 11.8 Å². The van der Waals surface area contributed by atoms with E-state index < -0.39 is 248 Å². The van der Waals surface area contributed by atoms with Crippen molar-refractivity contribution in [2.75, 3.05) is 52.4 Å². The number of rotatable bonds is 29. The second kappa shape index (κ2) is 48.8. The lowest BCUT2D eigenvalue weighted by molar-refractivity contribution is -0.161. The van der Waals surface area contributed by atoms with E-state index >= 15 is 28.8 Å². The molecule has 2 fully saturated rings. The number of amides is 14. The van der Waals surface area contributed by atoms with Crippen LogP contribution in [0.15, 0.2) is 30.3 Å². The van der Waals surface area contributed by atoms with Gasteiger partial charge in [-0.3, -0.25) is 58.2 Å². The minimum absolute atomic E-state index is 0.0526. The van der Waals surface area contributed by atoms with Crippen LogP contribution in [0.5, 0.6) is 0 Å². The molecule has 2 aliphatic rings. The Kier molecular flexibility index (Phi) is 42.5. The van der Waals surface area contributed by atoms with Gasteiger partial charge >= 0.3 is 36.4 Å². The van der Waals surface area contributed by atoms with Crippen LogP contribution in [-0.4, -0.2) is 286 Å². The van der Waals surface area contributed by atoms with Crippen LogP contribution in [0.4, 0.5) is 24.0 Å². The molecular weight excluding hydrogens is 1590 g/mol. The number of ether oxygens (including phenoxy) is 6. The lowest BCUT2D eigenvalue weighted by atomic mass is 10.00. The fraction of sp³-hybridized carbons (Fsp3) is 0.744. The van der Waals surface area contributed by atoms with Crippen molar-refractivity contribution in [1.82, 2.24) is 84.2 Å². The van der Waals surface area contributed by atoms with Crippen LogP contribution in [0.25, 0.3) is 0 Å². The van der Waals surface area contributed by atoms with Gasteiger partial charge in [0.2, 0.25) is 53.2 Å². The van der Waals surface area contributed by atoms with Crippen LogP contribution < -0.4 is 74.4 Å². The van der Waals surface area contributed by atoms with E-state index in [1.165, 1.54) is 32.6 Å². The molecule has 0 saturated carbocycles. The number of nitrogens with zero attached hydrogens (tertiary/aromatic N) is 2. The van der Waals surface area contributed by atoms with Crippen molar-refractivity contribution in [2.24, 2.45) is 11.8 Å². The molecule has 122 heavy (non-hydrogen) atoms. The smallest absolute Gasteiger partial charge is 0.410 e. The van der Waals surface area contributed by atoms with Gasteiger partial charge in [0.1, 0.15) is 94.7 Å². The number of nitrogens with one attached hydrogen (secondary N) is 14. The second-order valence-electron chi connectivity index (χ2n) is 36.5. The zero-order chi connectivity index (χ0) is 92.7. The third kappa shape index (κ3) is 40.8. The van der Waals surface area contributed by atoms with Gasteiger partial charge in [0.15, 0.2) is 0 Å². The van der Waals surface area contributed by atoms with Gasteiger partial charge in [-0.25, -0.2) is 24.0 Å². The molecule has 40 nitrogen and oxygen atoms in total. The number of carbonyl (C=O) groups is 15. The number of aliphatic hydroxyl groups is 3. The number of alkyl carbamates (subject to hydrolysis) is 4. The van der Waals surface area contributed by atoms with Crippen LogP contribution >= 0.6 is 0 Å². The third-order valence-electron chi connectivity index (χ3n) is 18.1. The summed E-state index contributed by atoms with van der Waals surface area (Å²) in [4.78, 5) is 219. The van der Waals surface area contributed by atoms with Gasteiger partial charge in [-0.15, -0.1) is 0 Å². The van der Waals surface area contributed by atoms with Gasteiger partial charge in [-0.1, -0.05) is 65.0 Å². The summed E-state index contributed by atoms with van der Waals surface area (Å²) in [5, 5.41) is 71.0. The van der Waals surface area contributed by atoms with E-state index in [1.54, 1.807) is 141 Å². The van der Waals surface area contributed by atoms with E-state index in [1.807, 2.05) is 13.8 Å². The number of hydrogen-bond donors (Lipinski definition) is 17. The fourth-order valence-corrected chi connectivity index (χ4v) is 12.3. The predicted octanol–water partition coefficient (Wildman–Crippen LogP) is 1.66. The van der Waals surface area contributed by atoms with Gasteiger partial charge in [0.05, 0.1) is 37.4 Å². The molecule has 0 spiro atoms. The molecule has 1 aromatic rings. The van der Waals surface area contributed by atoms with Crippen molar-refractivity contribution >= 4 is 89.6 Å². The molecule has 2 aliphatic heterocycles. The average Bonchev–Trinajstić information content (AvgIpc) is 0.783. The van der Waals surface area contributed by atoms with Crippen LogP contribution in [0.3, 0.4) is 0 Å². The molecule has 15 atom stereocenters. The van der Waals surface area contributed by atoms with Crippen LogP contribution in [0, 0.1) is 11.8 Å². The Balaban J connectivity index is 2.43. The molecule has 0 aromatic heterocycles. The summed E-state index contributed by atoms with van der Waals surface area (Å²) >= 11 is 0. The first kappa shape index (κ1) is 106. The van der Waals surface area contributed by atoms with Crippen molar-refractivity contribution in [1.29, 1.82) is 0 Å². The highest BCUT2D eigenvalue weighted by Crippen LogP contribution is 2.24. The summed E-state index contributed by atoms with van der Waals surface area (Å²) in [6.45, 7) is 33.9. The molecular formula is C82H140N16O24. The summed E-state index contributed by atoms with van der Waals surface area (Å²) in [5.41, 5.74) is -4.63. The van der Waals surface area contributed by atoms with E-state index in [0.29, 0.717) is 12.0 Å². The second-order valence-corrected chi connectivity index (χ2v) is 36.5. The third-order valence-corrected chi connectivity index (χ3v) is 18.1. The Labute approximate surface area is 716 Å². The maximum atomic E-state index is 15.5. The minimum Gasteiger partial charge on any atom is -0.461 e. The zero-order valence-corrected chi connectivity index (χ0v) is 75.3. The highest BCUT2D eigenvalue weighted by molar-refractivity contribution is 5.99. The highest BCUT2D eigenvalue weighted by atomic mass is 16.6. The molecule has 17 N–H and O–H groups in total. The highest BCUT2D eigenvalue weighted by Gasteiger charge is 2.47. The fourth-order valence-electron chi connectivity index (χ4n) is 12.3. The maximum Gasteiger partial charge on any atom is 0.410 e. The van der Waals surface area contributed by atoms with Crippen molar-refractivity contribution in [3.05, 3.63) is 35.9 Å². The topological polar surface area (TPSA) is 547 Å². The Morgan fingerprint density at radius 1 is 0.516 bits per heavy atom. The summed E-state index contributed by atoms with van der Waals surface area (Å²) in [7, 11) is 0. The van der Waals surface area contributed by atoms with Crippen LogP contribution in [0.2, 0.25) is 0 Å². The van der Waals surface area contributed by atoms with Crippen molar-refractivity contribution in [2.45, 2.75) is 330 Å². The molecule has 1 aromatic carbocycles. The zero-order valence-electron chi connectivity index (χ0n) is 75.3. The first-order valence-electron chi connectivity index (χ1n) is 41.7. The number of benzene rings is 1. The number of esters is 1. The molecule has 692 valence electrons. The van der Waals surface area contributed by atoms with E-state index in [-0.39, 0.29) is 70.1 Å². The average molecular weight is 1730 g/mol. The van der Waals surface area contributed by atoms with Gasteiger partial charge in [0.25, 0.3) is 0 Å². The lowest BCUT2D eigenvalue weighted by Gasteiger charge is -2.45. The first-order chi connectivity index (χ1) is 56.3. The molecule has 2 heterocycles. The monoisotopic (exact) mass is 1730 g/mol. The van der Waals surface area contributed by atoms with E-state index in [9.17, 15) is 58.5 Å². The first-order valence-corrected chi connectivity index (χ1v) is 41.7. The number of carbonyl (C=O) groups excluding carboxylic acids is 15. The molecule has 2 saturated heterocycles. The summed E-state index contributed by atoms with van der Waals surface area (Å²) in [6.07, 6.45) is -12.6. The Hall–Kier alpha value is -9.93. The van der Waals surface area contributed by atoms with Gasteiger partial charge in [-0.05, 0) is 187 Å². The Morgan fingerprint density at radius 3 is 1.43 bits per heavy atom. The van der Waals surface area contributed by atoms with E-state index in [2.05, 4.69) is 74.4 Å². The standard InChI is InChI=1S/C82H140N16O24/c1-24-47(6)117-72(111)59-44-97(77(116)122-82(21,22)23)43-58(98(59)42-46(4)5)69(108)96-61(49(8)100)71(110)94-57(41-87-76(115)121-81(18,19)20)68(107)91-52-32-36-83-70(109)60(48(7)99)95-65(104)51(31-28-35-84-73(112)118-78(9,10)11)88-62(101)53(33-37-85-74(113)119-79(12,13)14)90-66(105)55(39-45(2)3)92-67(106)56(40-50-29-26-25-27-30-50)93-64(103)54(89-63(52)102)34-38-86-75(114)120-80(15,16)17/h25-27,29-30,45-49,51-61,70,83,99-100,109H,24,28,31-44H2,1-23H3,(H,84,112)(H,85,113)(H,86,114)(H,87,115)(H,88,101)(H,89,102)(H,90,105)(H,91,107)(H,92,106)(H,93,103)(H,94,110)(H,95,104)(H,96,108)/t47?,48-,49+,51+,52+,53+,54+,55+,56-,57+,58+,59?,60+,61+,70?/m1/s1. The molecule has 3 unspecified atom stereocenters. The molecule has 0 aliphatic carbocycles. The Bertz CT molecular complexity index is 3650. The Morgan fingerprint density at radius 2 is 0.959 bits per heavy atom. The van der Waals surface area contributed by atoms with E-state index in [4.69, 9.17) is 28.4 Å². The van der Waals surface area contributed by atoms with Crippen LogP contribution in [-0.2, 0) is 82.8 Å². The molecule has 0 radical (unpaired) electrons. The summed E-state index contributed by atoms with van der Waals surface area (Å²) < 4.78 is 33.2. The largest absolute Gasteiger partial charge is 0.461 e. The van der Waals surface area contributed by atoms with Gasteiger partial charge in [0, 0.05) is 45.7 Å². The minimum atomic E-state index is -2.02. The predicted molar refractivity (Wildman–Crippen MR) is 447 cm³/mol. The number of hydrogen-bond acceptors (Lipinski definition) is 26. The summed E-state index contributed by atoms with van der Waals surface area (Å²) in [6, 6.07) is -10.3. The van der Waals surface area contributed by atoms with Crippen molar-refractivity contribution in [3.63, 3.8) is 0 Å². The number of piperazine rings is 1. The maximum absolute atomic E-state index is 15.5.